The lowest BCUT2D eigenvalue weighted by Gasteiger charge is -2.28. The van der Waals surface area contributed by atoms with Crippen molar-refractivity contribution in [1.82, 2.24) is 5.32 Å². The van der Waals surface area contributed by atoms with Crippen LogP contribution in [0.2, 0.25) is 0 Å². The summed E-state index contributed by atoms with van der Waals surface area (Å²) in [6, 6.07) is 17.4. The summed E-state index contributed by atoms with van der Waals surface area (Å²) in [5.74, 6) is -0.319. The zero-order valence-corrected chi connectivity index (χ0v) is 12.8. The fourth-order valence-corrected chi connectivity index (χ4v) is 2.25. The Hall–Kier alpha value is -2.68. The SMILES string of the molecule is COC[C@@](O)(CNC(=O)c1ccc(C#N)cc1)c1ccccc1. The molecule has 0 saturated heterocycles. The zero-order chi connectivity index (χ0) is 16.7. The summed E-state index contributed by atoms with van der Waals surface area (Å²) in [7, 11) is 1.50. The molecule has 0 heterocycles. The van der Waals surface area contributed by atoms with Crippen molar-refractivity contribution in [3.63, 3.8) is 0 Å². The quantitative estimate of drug-likeness (QED) is 0.852. The van der Waals surface area contributed by atoms with Crippen molar-refractivity contribution in [1.29, 1.82) is 5.26 Å². The standard InChI is InChI=1S/C18H18N2O3/c1-23-13-18(22,16-5-3-2-4-6-16)12-20-17(21)15-9-7-14(11-19)8-10-15/h2-10,22H,12-13H2,1H3,(H,20,21)/t18-/m0/s1. The zero-order valence-electron chi connectivity index (χ0n) is 12.8. The topological polar surface area (TPSA) is 82.3 Å². The molecule has 0 aliphatic rings. The lowest BCUT2D eigenvalue weighted by atomic mass is 9.94. The van der Waals surface area contributed by atoms with Gasteiger partial charge in [-0.05, 0) is 29.8 Å². The van der Waals surface area contributed by atoms with E-state index >= 15 is 0 Å². The maximum Gasteiger partial charge on any atom is 0.251 e. The van der Waals surface area contributed by atoms with Gasteiger partial charge in [-0.2, -0.15) is 5.26 Å². The van der Waals surface area contributed by atoms with E-state index in [1.807, 2.05) is 24.3 Å². The molecule has 23 heavy (non-hydrogen) atoms. The van der Waals surface area contributed by atoms with Crippen molar-refractivity contribution < 1.29 is 14.6 Å². The molecule has 1 atom stereocenters. The van der Waals surface area contributed by atoms with Gasteiger partial charge in [0.05, 0.1) is 24.8 Å². The van der Waals surface area contributed by atoms with Crippen LogP contribution < -0.4 is 5.32 Å². The molecule has 2 aromatic rings. The predicted molar refractivity (Wildman–Crippen MR) is 85.7 cm³/mol. The summed E-state index contributed by atoms with van der Waals surface area (Å²) in [6.45, 7) is 0.0777. The molecule has 0 saturated carbocycles. The fourth-order valence-electron chi connectivity index (χ4n) is 2.25. The molecule has 2 aromatic carbocycles. The monoisotopic (exact) mass is 310 g/mol. The normalized spacial score (nSPS) is 12.9. The van der Waals surface area contributed by atoms with Crippen LogP contribution in [0.3, 0.4) is 0 Å². The summed E-state index contributed by atoms with van der Waals surface area (Å²) in [5, 5.41) is 22.3. The molecule has 1 amide bonds. The second-order valence-corrected chi connectivity index (χ2v) is 5.20. The van der Waals surface area contributed by atoms with E-state index < -0.39 is 5.60 Å². The van der Waals surface area contributed by atoms with Gasteiger partial charge in [0.2, 0.25) is 0 Å². The van der Waals surface area contributed by atoms with Crippen LogP contribution in [0.15, 0.2) is 54.6 Å². The number of ether oxygens (including phenoxy) is 1. The maximum atomic E-state index is 12.2. The van der Waals surface area contributed by atoms with Crippen LogP contribution in [0.4, 0.5) is 0 Å². The number of rotatable bonds is 6. The van der Waals surface area contributed by atoms with E-state index in [0.29, 0.717) is 16.7 Å². The van der Waals surface area contributed by atoms with E-state index in [0.717, 1.165) is 0 Å². The van der Waals surface area contributed by atoms with Gasteiger partial charge in [-0.25, -0.2) is 0 Å². The van der Waals surface area contributed by atoms with Crippen molar-refractivity contribution in [2.75, 3.05) is 20.3 Å². The number of carbonyl (C=O) groups is 1. The first-order valence-corrected chi connectivity index (χ1v) is 7.14. The van der Waals surface area contributed by atoms with Gasteiger partial charge in [0, 0.05) is 12.7 Å². The van der Waals surface area contributed by atoms with E-state index in [1.165, 1.54) is 7.11 Å². The Labute approximate surface area is 135 Å². The average Bonchev–Trinajstić information content (AvgIpc) is 2.61. The summed E-state index contributed by atoms with van der Waals surface area (Å²) in [5.41, 5.74) is 0.277. The molecule has 5 nitrogen and oxygen atoms in total. The van der Waals surface area contributed by atoms with Gasteiger partial charge in [0.1, 0.15) is 5.60 Å². The first-order chi connectivity index (χ1) is 11.1. The molecule has 2 N–H and O–H groups in total. The van der Waals surface area contributed by atoms with Crippen LogP contribution in [0, 0.1) is 11.3 Å². The number of nitriles is 1. The van der Waals surface area contributed by atoms with Gasteiger partial charge >= 0.3 is 0 Å². The third kappa shape index (κ3) is 4.16. The first-order valence-electron chi connectivity index (χ1n) is 7.14. The number of amides is 1. The van der Waals surface area contributed by atoms with Crippen LogP contribution in [-0.2, 0) is 10.3 Å². The predicted octanol–water partition coefficient (Wildman–Crippen LogP) is 1.82. The molecule has 0 fully saturated rings. The molecular formula is C18H18N2O3. The summed E-state index contributed by atoms with van der Waals surface area (Å²) in [4.78, 5) is 12.2. The minimum atomic E-state index is -1.31. The van der Waals surface area contributed by atoms with Gasteiger partial charge in [0.15, 0.2) is 0 Å². The highest BCUT2D eigenvalue weighted by Crippen LogP contribution is 2.20. The number of carbonyl (C=O) groups excluding carboxylic acids is 1. The third-order valence-electron chi connectivity index (χ3n) is 3.51. The minimum absolute atomic E-state index is 0.0175. The van der Waals surface area contributed by atoms with Crippen LogP contribution in [0.1, 0.15) is 21.5 Å². The number of benzene rings is 2. The summed E-state index contributed by atoms with van der Waals surface area (Å²) < 4.78 is 5.09. The highest BCUT2D eigenvalue weighted by Gasteiger charge is 2.30. The number of methoxy groups -OCH3 is 1. The van der Waals surface area contributed by atoms with Crippen molar-refractivity contribution in [2.45, 2.75) is 5.60 Å². The Balaban J connectivity index is 2.09. The second kappa shape index (κ2) is 7.54. The largest absolute Gasteiger partial charge is 0.381 e. The van der Waals surface area contributed by atoms with Crippen LogP contribution in [0.25, 0.3) is 0 Å². The number of nitrogens with one attached hydrogen (secondary N) is 1. The molecule has 0 aliphatic heterocycles. The van der Waals surface area contributed by atoms with E-state index in [9.17, 15) is 9.90 Å². The molecule has 0 unspecified atom stereocenters. The number of nitrogens with zero attached hydrogens (tertiary/aromatic N) is 1. The Morgan fingerprint density at radius 1 is 1.22 bits per heavy atom. The van der Waals surface area contributed by atoms with Gasteiger partial charge in [-0.3, -0.25) is 4.79 Å². The van der Waals surface area contributed by atoms with Crippen LogP contribution >= 0.6 is 0 Å². The summed E-state index contributed by atoms with van der Waals surface area (Å²) >= 11 is 0. The van der Waals surface area contributed by atoms with E-state index in [4.69, 9.17) is 10.00 Å². The summed E-state index contributed by atoms with van der Waals surface area (Å²) in [6.07, 6.45) is 0. The van der Waals surface area contributed by atoms with Crippen molar-refractivity contribution in [2.24, 2.45) is 0 Å². The Morgan fingerprint density at radius 3 is 2.43 bits per heavy atom. The molecule has 0 spiro atoms. The van der Waals surface area contributed by atoms with E-state index in [-0.39, 0.29) is 19.1 Å². The van der Waals surface area contributed by atoms with Crippen molar-refractivity contribution in [3.8, 4) is 6.07 Å². The Kier molecular flexibility index (Phi) is 5.47. The molecule has 0 aromatic heterocycles. The first kappa shape index (κ1) is 16.7. The minimum Gasteiger partial charge on any atom is -0.381 e. The lowest BCUT2D eigenvalue weighted by Crippen LogP contribution is -2.44. The van der Waals surface area contributed by atoms with Gasteiger partial charge in [-0.1, -0.05) is 30.3 Å². The molecule has 0 radical (unpaired) electrons. The Morgan fingerprint density at radius 2 is 1.87 bits per heavy atom. The van der Waals surface area contributed by atoms with E-state index in [1.54, 1.807) is 36.4 Å². The van der Waals surface area contributed by atoms with Gasteiger partial charge in [0.25, 0.3) is 5.91 Å². The molecular weight excluding hydrogens is 292 g/mol. The number of aliphatic hydroxyl groups is 1. The Bertz CT molecular complexity index is 692. The molecule has 0 bridgehead atoms. The van der Waals surface area contributed by atoms with Gasteiger partial charge < -0.3 is 15.2 Å². The maximum absolute atomic E-state index is 12.2. The number of hydrogen-bond acceptors (Lipinski definition) is 4. The van der Waals surface area contributed by atoms with Crippen molar-refractivity contribution >= 4 is 5.91 Å². The molecule has 5 heteroatoms. The average molecular weight is 310 g/mol. The van der Waals surface area contributed by atoms with E-state index in [2.05, 4.69) is 5.32 Å². The smallest absolute Gasteiger partial charge is 0.251 e. The molecule has 2 rings (SSSR count). The fraction of sp³-hybridized carbons (Fsp3) is 0.222. The molecule has 0 aliphatic carbocycles. The van der Waals surface area contributed by atoms with Gasteiger partial charge in [-0.15, -0.1) is 0 Å². The lowest BCUT2D eigenvalue weighted by molar-refractivity contribution is -0.0334. The van der Waals surface area contributed by atoms with Crippen molar-refractivity contribution in [3.05, 3.63) is 71.3 Å². The second-order valence-electron chi connectivity index (χ2n) is 5.20. The third-order valence-corrected chi connectivity index (χ3v) is 3.51. The molecule has 118 valence electrons. The highest BCUT2D eigenvalue weighted by atomic mass is 16.5. The highest BCUT2D eigenvalue weighted by molar-refractivity contribution is 5.94. The van der Waals surface area contributed by atoms with Crippen LogP contribution in [-0.4, -0.2) is 31.3 Å². The van der Waals surface area contributed by atoms with Crippen LogP contribution in [0.5, 0.6) is 0 Å². The number of hydrogen-bond donors (Lipinski definition) is 2.